The van der Waals surface area contributed by atoms with Crippen LogP contribution < -0.4 is 4.74 Å². The Morgan fingerprint density at radius 3 is 2.67 bits per heavy atom. The Hall–Kier alpha value is -2.18. The molecular weight excluding hydrogens is 356 g/mol. The minimum absolute atomic E-state index is 0.374. The van der Waals surface area contributed by atoms with E-state index in [1.807, 2.05) is 23.8 Å². The van der Waals surface area contributed by atoms with E-state index in [4.69, 9.17) is 9.72 Å². The number of aryl methyl sites for hydroxylation is 2. The molecule has 6 heteroatoms. The first-order chi connectivity index (χ1) is 13.2. The summed E-state index contributed by atoms with van der Waals surface area (Å²) < 4.78 is 7.64. The summed E-state index contributed by atoms with van der Waals surface area (Å²) in [5, 5.41) is 0. The van der Waals surface area contributed by atoms with Crippen LogP contribution in [-0.2, 0) is 13.1 Å². The van der Waals surface area contributed by atoms with Gasteiger partial charge in [-0.1, -0.05) is 12.1 Å². The molecule has 0 N–H and O–H groups in total. The van der Waals surface area contributed by atoms with Crippen molar-refractivity contribution >= 4 is 11.3 Å². The zero-order valence-corrected chi connectivity index (χ0v) is 17.0. The lowest BCUT2D eigenvalue weighted by Gasteiger charge is -2.25. The first kappa shape index (κ1) is 18.2. The van der Waals surface area contributed by atoms with E-state index in [9.17, 15) is 0 Å². The van der Waals surface area contributed by atoms with Crippen molar-refractivity contribution < 1.29 is 4.74 Å². The van der Waals surface area contributed by atoms with Crippen LogP contribution in [0.1, 0.15) is 46.5 Å². The molecular formula is C21H26N4OS. The highest BCUT2D eigenvalue weighted by atomic mass is 32.1. The van der Waals surface area contributed by atoms with E-state index in [0.29, 0.717) is 6.04 Å². The molecule has 1 aliphatic rings. The van der Waals surface area contributed by atoms with Crippen LogP contribution >= 0.6 is 11.3 Å². The Morgan fingerprint density at radius 2 is 1.96 bits per heavy atom. The van der Waals surface area contributed by atoms with Crippen LogP contribution in [0, 0.1) is 13.8 Å². The number of hydrogen-bond acceptors (Lipinski definition) is 5. The summed E-state index contributed by atoms with van der Waals surface area (Å²) in [7, 11) is 1.70. The molecule has 0 bridgehead atoms. The zero-order valence-electron chi connectivity index (χ0n) is 16.2. The lowest BCUT2D eigenvalue weighted by atomic mass is 10.1. The van der Waals surface area contributed by atoms with Crippen molar-refractivity contribution in [3.63, 3.8) is 0 Å². The predicted molar refractivity (Wildman–Crippen MR) is 108 cm³/mol. The average Bonchev–Trinajstić information content (AvgIpc) is 3.39. The summed E-state index contributed by atoms with van der Waals surface area (Å²) in [6.45, 7) is 7.18. The van der Waals surface area contributed by atoms with E-state index in [-0.39, 0.29) is 0 Å². The first-order valence-electron chi connectivity index (χ1n) is 9.43. The van der Waals surface area contributed by atoms with Crippen molar-refractivity contribution in [1.82, 2.24) is 19.4 Å². The number of ether oxygens (including phenoxy) is 1. The van der Waals surface area contributed by atoms with Gasteiger partial charge in [-0.3, -0.25) is 4.90 Å². The number of benzene rings is 1. The van der Waals surface area contributed by atoms with Crippen molar-refractivity contribution in [3.8, 4) is 5.75 Å². The minimum atomic E-state index is 0.374. The zero-order chi connectivity index (χ0) is 18.8. The number of nitrogens with zero attached hydrogens (tertiary/aromatic N) is 4. The molecule has 4 rings (SSSR count). The summed E-state index contributed by atoms with van der Waals surface area (Å²) in [5.74, 6) is 2.08. The van der Waals surface area contributed by atoms with Gasteiger partial charge in [-0.15, -0.1) is 11.3 Å². The molecule has 27 heavy (non-hydrogen) atoms. The smallest absolute Gasteiger partial charge is 0.126 e. The molecule has 0 spiro atoms. The molecule has 1 aliphatic heterocycles. The maximum Gasteiger partial charge on any atom is 0.126 e. The largest absolute Gasteiger partial charge is 0.497 e. The molecule has 2 aromatic heterocycles. The molecule has 1 unspecified atom stereocenters. The van der Waals surface area contributed by atoms with Crippen LogP contribution in [0.4, 0.5) is 0 Å². The molecule has 1 saturated heterocycles. The van der Waals surface area contributed by atoms with Crippen LogP contribution in [0.3, 0.4) is 0 Å². The maximum atomic E-state index is 5.28. The van der Waals surface area contributed by atoms with E-state index in [2.05, 4.69) is 40.4 Å². The number of aromatic nitrogens is 3. The monoisotopic (exact) mass is 382 g/mol. The number of rotatable bonds is 6. The van der Waals surface area contributed by atoms with Gasteiger partial charge in [0.05, 0.1) is 24.4 Å². The Morgan fingerprint density at radius 1 is 1.15 bits per heavy atom. The molecule has 1 atom stereocenters. The Balaban J connectivity index is 1.57. The van der Waals surface area contributed by atoms with E-state index < -0.39 is 0 Å². The summed E-state index contributed by atoms with van der Waals surface area (Å²) >= 11 is 1.76. The molecule has 1 fully saturated rings. The Labute approximate surface area is 164 Å². The molecule has 0 saturated carbocycles. The van der Waals surface area contributed by atoms with Gasteiger partial charge in [0.15, 0.2) is 0 Å². The fourth-order valence-corrected chi connectivity index (χ4v) is 4.64. The summed E-state index contributed by atoms with van der Waals surface area (Å²) in [4.78, 5) is 13.2. The van der Waals surface area contributed by atoms with E-state index in [0.717, 1.165) is 37.5 Å². The number of hydrogen-bond donors (Lipinski definition) is 0. The van der Waals surface area contributed by atoms with E-state index in [1.165, 1.54) is 28.4 Å². The highest BCUT2D eigenvalue weighted by Gasteiger charge is 2.30. The molecule has 3 heterocycles. The molecule has 5 nitrogen and oxygen atoms in total. The second-order valence-corrected chi connectivity index (χ2v) is 8.12. The summed E-state index contributed by atoms with van der Waals surface area (Å²) in [6, 6.07) is 8.69. The number of likely N-dealkylation sites (tertiary alicyclic amines) is 1. The Bertz CT molecular complexity index is 899. The van der Waals surface area contributed by atoms with Gasteiger partial charge in [-0.05, 0) is 50.9 Å². The first-order valence-corrected chi connectivity index (χ1v) is 10.3. The normalized spacial score (nSPS) is 17.5. The minimum Gasteiger partial charge on any atom is -0.497 e. The second-order valence-electron chi connectivity index (χ2n) is 7.18. The number of thiazole rings is 1. The van der Waals surface area contributed by atoms with Gasteiger partial charge in [0.2, 0.25) is 0 Å². The van der Waals surface area contributed by atoms with E-state index >= 15 is 0 Å². The fraction of sp³-hybridized carbons (Fsp3) is 0.429. The SMILES string of the molecule is COc1ccc(Cn2c(C)cnc2C2CCCN2Cc2scnc2C)cc1. The highest BCUT2D eigenvalue weighted by Crippen LogP contribution is 2.34. The fourth-order valence-electron chi connectivity index (χ4n) is 3.83. The van der Waals surface area contributed by atoms with Gasteiger partial charge in [-0.2, -0.15) is 0 Å². The number of methoxy groups -OCH3 is 1. The van der Waals surface area contributed by atoms with Gasteiger partial charge in [0, 0.05) is 29.9 Å². The van der Waals surface area contributed by atoms with Gasteiger partial charge in [0.1, 0.15) is 11.6 Å². The molecule has 142 valence electrons. The van der Waals surface area contributed by atoms with Crippen molar-refractivity contribution in [2.24, 2.45) is 0 Å². The van der Waals surface area contributed by atoms with Crippen LogP contribution in [-0.4, -0.2) is 33.1 Å². The standard InChI is InChI=1S/C21H26N4OS/c1-15-11-22-21(25(15)12-17-6-8-18(26-3)9-7-17)19-5-4-10-24(19)13-20-16(2)23-14-27-20/h6-9,11,14,19H,4-5,10,12-13H2,1-3H3. The summed E-state index contributed by atoms with van der Waals surface area (Å²) in [5.41, 5.74) is 5.58. The molecule has 0 aliphatic carbocycles. The Kier molecular flexibility index (Phi) is 5.27. The summed E-state index contributed by atoms with van der Waals surface area (Å²) in [6.07, 6.45) is 4.39. The van der Waals surface area contributed by atoms with Crippen LogP contribution in [0.25, 0.3) is 0 Å². The van der Waals surface area contributed by atoms with Gasteiger partial charge >= 0.3 is 0 Å². The second kappa shape index (κ2) is 7.82. The van der Waals surface area contributed by atoms with Crippen LogP contribution in [0.15, 0.2) is 36.0 Å². The van der Waals surface area contributed by atoms with Crippen LogP contribution in [0.2, 0.25) is 0 Å². The van der Waals surface area contributed by atoms with Gasteiger partial charge < -0.3 is 9.30 Å². The topological polar surface area (TPSA) is 43.2 Å². The van der Waals surface area contributed by atoms with E-state index in [1.54, 1.807) is 18.4 Å². The molecule has 1 aromatic carbocycles. The molecule has 3 aromatic rings. The van der Waals surface area contributed by atoms with Crippen LogP contribution in [0.5, 0.6) is 5.75 Å². The predicted octanol–water partition coefficient (Wildman–Crippen LogP) is 4.35. The quantitative estimate of drug-likeness (QED) is 0.636. The average molecular weight is 383 g/mol. The van der Waals surface area contributed by atoms with Crippen molar-refractivity contribution in [1.29, 1.82) is 0 Å². The maximum absolute atomic E-state index is 5.28. The third kappa shape index (κ3) is 3.77. The third-order valence-electron chi connectivity index (χ3n) is 5.44. The van der Waals surface area contributed by atoms with Crippen molar-refractivity contribution in [2.45, 2.75) is 45.8 Å². The van der Waals surface area contributed by atoms with Gasteiger partial charge in [0.25, 0.3) is 0 Å². The molecule has 0 radical (unpaired) electrons. The van der Waals surface area contributed by atoms with Gasteiger partial charge in [-0.25, -0.2) is 9.97 Å². The third-order valence-corrected chi connectivity index (χ3v) is 6.36. The lowest BCUT2D eigenvalue weighted by molar-refractivity contribution is 0.237. The van der Waals surface area contributed by atoms with Crippen molar-refractivity contribution in [3.05, 3.63) is 63.6 Å². The van der Waals surface area contributed by atoms with Crippen molar-refractivity contribution in [2.75, 3.05) is 13.7 Å². The molecule has 0 amide bonds. The highest BCUT2D eigenvalue weighted by molar-refractivity contribution is 7.09. The number of imidazole rings is 1. The lowest BCUT2D eigenvalue weighted by Crippen LogP contribution is -2.25.